The maximum atomic E-state index is 6.17. The third-order valence-corrected chi connectivity index (χ3v) is 3.39. The second-order valence-electron chi connectivity index (χ2n) is 4.26. The lowest BCUT2D eigenvalue weighted by atomic mass is 10.2. The Hall–Kier alpha value is -1.28. The molecule has 0 amide bonds. The number of benzene rings is 1. The third kappa shape index (κ3) is 2.70. The highest BCUT2D eigenvalue weighted by Gasteiger charge is 2.12. The van der Waals surface area contributed by atoms with Gasteiger partial charge in [-0.2, -0.15) is 0 Å². The molecule has 0 aliphatic carbocycles. The lowest BCUT2D eigenvalue weighted by Gasteiger charge is -2.03. The fourth-order valence-electron chi connectivity index (χ4n) is 2.00. The first-order valence-corrected chi connectivity index (χ1v) is 6.38. The summed E-state index contributed by atoms with van der Waals surface area (Å²) in [7, 11) is 0. The van der Waals surface area contributed by atoms with Crippen LogP contribution in [0.5, 0.6) is 0 Å². The molecular formula is C14H18ClN2+. The van der Waals surface area contributed by atoms with Gasteiger partial charge < -0.3 is 0 Å². The van der Waals surface area contributed by atoms with Crippen molar-refractivity contribution in [3.63, 3.8) is 0 Å². The maximum Gasteiger partial charge on any atom is 0.253 e. The van der Waals surface area contributed by atoms with Crippen molar-refractivity contribution in [3.05, 3.63) is 53.1 Å². The first-order valence-electron chi connectivity index (χ1n) is 6.01. The van der Waals surface area contributed by atoms with Crippen LogP contribution in [-0.2, 0) is 13.1 Å². The molecule has 0 atom stereocenters. The number of imidazole rings is 1. The fraction of sp³-hybridized carbons (Fsp3) is 0.357. The van der Waals surface area contributed by atoms with Crippen LogP contribution in [0.2, 0.25) is 5.02 Å². The first kappa shape index (κ1) is 12.2. The van der Waals surface area contributed by atoms with Crippen LogP contribution in [0.3, 0.4) is 0 Å². The molecule has 0 saturated heterocycles. The van der Waals surface area contributed by atoms with Gasteiger partial charge in [0.2, 0.25) is 0 Å². The minimum absolute atomic E-state index is 0.836. The van der Waals surface area contributed by atoms with Crippen LogP contribution < -0.4 is 4.57 Å². The van der Waals surface area contributed by atoms with Gasteiger partial charge in [0.1, 0.15) is 18.9 Å². The Morgan fingerprint density at radius 3 is 2.76 bits per heavy atom. The van der Waals surface area contributed by atoms with Gasteiger partial charge in [0.25, 0.3) is 5.82 Å². The molecule has 0 bridgehead atoms. The third-order valence-electron chi connectivity index (χ3n) is 3.02. The molecule has 0 unspecified atom stereocenters. The number of hydrogen-bond acceptors (Lipinski definition) is 0. The average molecular weight is 250 g/mol. The van der Waals surface area contributed by atoms with E-state index >= 15 is 0 Å². The number of halogens is 1. The maximum absolute atomic E-state index is 6.17. The Kier molecular flexibility index (Phi) is 3.85. The molecular weight excluding hydrogens is 232 g/mol. The van der Waals surface area contributed by atoms with Crippen LogP contribution in [0.1, 0.15) is 24.7 Å². The minimum Gasteiger partial charge on any atom is -0.234 e. The van der Waals surface area contributed by atoms with Crippen LogP contribution >= 0.6 is 11.6 Å². The average Bonchev–Trinajstić information content (AvgIpc) is 2.65. The van der Waals surface area contributed by atoms with Crippen molar-refractivity contribution in [1.29, 1.82) is 0 Å². The largest absolute Gasteiger partial charge is 0.253 e. The van der Waals surface area contributed by atoms with E-state index in [0.717, 1.165) is 30.1 Å². The molecule has 0 aliphatic rings. The molecule has 1 aromatic carbocycles. The Morgan fingerprint density at radius 2 is 2.06 bits per heavy atom. The van der Waals surface area contributed by atoms with E-state index in [1.54, 1.807) is 0 Å². The van der Waals surface area contributed by atoms with Crippen molar-refractivity contribution in [2.75, 3.05) is 0 Å². The van der Waals surface area contributed by atoms with E-state index in [4.69, 9.17) is 11.6 Å². The van der Waals surface area contributed by atoms with Gasteiger partial charge in [-0.25, -0.2) is 9.13 Å². The highest BCUT2D eigenvalue weighted by molar-refractivity contribution is 6.31. The Morgan fingerprint density at radius 1 is 1.29 bits per heavy atom. The Labute approximate surface area is 107 Å². The standard InChI is InChI=1S/C14H18ClN2/c1-3-8-16-9-10-17(12(16)2)11-13-6-4-5-7-14(13)15/h4-7,9-10H,3,8,11H2,1-2H3/q+1. The summed E-state index contributed by atoms with van der Waals surface area (Å²) in [6.45, 7) is 6.24. The highest BCUT2D eigenvalue weighted by atomic mass is 35.5. The highest BCUT2D eigenvalue weighted by Crippen LogP contribution is 2.14. The van der Waals surface area contributed by atoms with E-state index in [0.29, 0.717) is 0 Å². The predicted octanol–water partition coefficient (Wildman–Crippen LogP) is 3.20. The van der Waals surface area contributed by atoms with Gasteiger partial charge in [-0.15, -0.1) is 0 Å². The van der Waals surface area contributed by atoms with E-state index < -0.39 is 0 Å². The number of hydrogen-bond donors (Lipinski definition) is 0. The van der Waals surface area contributed by atoms with Crippen LogP contribution in [0.4, 0.5) is 0 Å². The minimum atomic E-state index is 0.836. The van der Waals surface area contributed by atoms with Gasteiger partial charge in [0, 0.05) is 17.5 Å². The summed E-state index contributed by atoms with van der Waals surface area (Å²) in [6.07, 6.45) is 5.41. The zero-order valence-corrected chi connectivity index (χ0v) is 11.1. The molecule has 1 aromatic heterocycles. The van der Waals surface area contributed by atoms with Crippen LogP contribution in [0.15, 0.2) is 36.7 Å². The molecule has 2 rings (SSSR count). The zero-order chi connectivity index (χ0) is 12.3. The lowest BCUT2D eigenvalue weighted by molar-refractivity contribution is -0.694. The van der Waals surface area contributed by atoms with E-state index in [9.17, 15) is 0 Å². The molecule has 17 heavy (non-hydrogen) atoms. The van der Waals surface area contributed by atoms with Crippen molar-refractivity contribution >= 4 is 11.6 Å². The summed E-state index contributed by atoms with van der Waals surface area (Å²) in [6, 6.07) is 8.01. The summed E-state index contributed by atoms with van der Waals surface area (Å²) in [5.41, 5.74) is 1.16. The monoisotopic (exact) mass is 249 g/mol. The predicted molar refractivity (Wildman–Crippen MR) is 70.2 cm³/mol. The smallest absolute Gasteiger partial charge is 0.234 e. The molecule has 1 heterocycles. The Bertz CT molecular complexity index is 503. The molecule has 90 valence electrons. The second-order valence-corrected chi connectivity index (χ2v) is 4.67. The zero-order valence-electron chi connectivity index (χ0n) is 10.4. The number of rotatable bonds is 4. The van der Waals surface area contributed by atoms with Crippen LogP contribution in [0, 0.1) is 6.92 Å². The van der Waals surface area contributed by atoms with Gasteiger partial charge in [0.05, 0.1) is 6.54 Å². The van der Waals surface area contributed by atoms with E-state index in [-0.39, 0.29) is 0 Å². The molecule has 0 aliphatic heterocycles. The number of aryl methyl sites for hydroxylation is 1. The van der Waals surface area contributed by atoms with Gasteiger partial charge in [-0.1, -0.05) is 36.7 Å². The van der Waals surface area contributed by atoms with Gasteiger partial charge in [-0.3, -0.25) is 0 Å². The summed E-state index contributed by atoms with van der Waals surface area (Å²) in [4.78, 5) is 0. The molecule has 0 radical (unpaired) electrons. The molecule has 0 spiro atoms. The topological polar surface area (TPSA) is 8.81 Å². The normalized spacial score (nSPS) is 10.8. The molecule has 3 heteroatoms. The van der Waals surface area contributed by atoms with Gasteiger partial charge in [-0.05, 0) is 12.5 Å². The molecule has 2 aromatic rings. The summed E-state index contributed by atoms with van der Waals surface area (Å²) >= 11 is 6.17. The summed E-state index contributed by atoms with van der Waals surface area (Å²) < 4.78 is 4.51. The number of nitrogens with zero attached hydrogens (tertiary/aromatic N) is 2. The van der Waals surface area contributed by atoms with Crippen molar-refractivity contribution in [2.45, 2.75) is 33.4 Å². The van der Waals surface area contributed by atoms with E-state index in [1.165, 1.54) is 5.82 Å². The van der Waals surface area contributed by atoms with Crippen LogP contribution in [-0.4, -0.2) is 4.57 Å². The van der Waals surface area contributed by atoms with Crippen LogP contribution in [0.25, 0.3) is 0 Å². The van der Waals surface area contributed by atoms with Crippen molar-refractivity contribution in [3.8, 4) is 0 Å². The lowest BCUT2D eigenvalue weighted by Crippen LogP contribution is -2.36. The van der Waals surface area contributed by atoms with E-state index in [1.807, 2.05) is 18.2 Å². The molecule has 2 nitrogen and oxygen atoms in total. The fourth-order valence-corrected chi connectivity index (χ4v) is 2.19. The summed E-state index contributed by atoms with van der Waals surface area (Å²) in [5, 5.41) is 0.836. The molecule has 0 saturated carbocycles. The van der Waals surface area contributed by atoms with E-state index in [2.05, 4.69) is 41.4 Å². The van der Waals surface area contributed by atoms with Gasteiger partial charge in [0.15, 0.2) is 0 Å². The SMILES string of the molecule is CCCn1cc[n+](Cc2ccccc2Cl)c1C. The first-order chi connectivity index (χ1) is 8.22. The van der Waals surface area contributed by atoms with Crippen molar-refractivity contribution < 1.29 is 4.57 Å². The summed E-state index contributed by atoms with van der Waals surface area (Å²) in [5.74, 6) is 1.27. The van der Waals surface area contributed by atoms with Gasteiger partial charge >= 0.3 is 0 Å². The van der Waals surface area contributed by atoms with Crippen molar-refractivity contribution in [2.24, 2.45) is 0 Å². The second kappa shape index (κ2) is 5.37. The molecule has 0 fully saturated rings. The quantitative estimate of drug-likeness (QED) is 0.736. The Balaban J connectivity index is 2.22. The number of aromatic nitrogens is 2. The molecule has 0 N–H and O–H groups in total. The van der Waals surface area contributed by atoms with Crippen molar-refractivity contribution in [1.82, 2.24) is 4.57 Å².